The van der Waals surface area contributed by atoms with E-state index in [1.54, 1.807) is 0 Å². The van der Waals surface area contributed by atoms with Gasteiger partial charge in [0.15, 0.2) is 6.04 Å². The van der Waals surface area contributed by atoms with E-state index in [4.69, 9.17) is 14.2 Å². The molecule has 0 N–H and O–H groups in total. The van der Waals surface area contributed by atoms with Gasteiger partial charge in [0, 0.05) is 6.42 Å². The summed E-state index contributed by atoms with van der Waals surface area (Å²) in [5.74, 6) is 1.64. The zero-order chi connectivity index (χ0) is 27.8. The van der Waals surface area contributed by atoms with Crippen molar-refractivity contribution in [1.29, 1.82) is 0 Å². The van der Waals surface area contributed by atoms with Crippen LogP contribution in [0.2, 0.25) is 0 Å². The Morgan fingerprint density at radius 1 is 0.650 bits per heavy atom. The fraction of sp³-hybridized carbons (Fsp3) is 0.441. The van der Waals surface area contributed by atoms with Crippen molar-refractivity contribution in [2.45, 2.75) is 64.0 Å². The van der Waals surface area contributed by atoms with E-state index >= 15 is 0 Å². The highest BCUT2D eigenvalue weighted by Gasteiger charge is 2.32. The first kappa shape index (κ1) is 33.6. The van der Waals surface area contributed by atoms with Gasteiger partial charge in [-0.25, -0.2) is 4.79 Å². The average Bonchev–Trinajstić information content (AvgIpc) is 2.94. The lowest BCUT2D eigenvalue weighted by molar-refractivity contribution is -0.887. The monoisotopic (exact) mass is 659 g/mol. The number of esters is 1. The van der Waals surface area contributed by atoms with Crippen molar-refractivity contribution < 1.29 is 47.5 Å². The fourth-order valence-electron chi connectivity index (χ4n) is 4.51. The molecule has 0 aromatic heterocycles. The van der Waals surface area contributed by atoms with Crippen molar-refractivity contribution in [3.63, 3.8) is 0 Å². The number of quaternary nitrogens is 1. The molecule has 1 unspecified atom stereocenters. The van der Waals surface area contributed by atoms with E-state index in [1.165, 1.54) is 12.0 Å². The number of carbonyl (C=O) groups is 1. The molecule has 218 valence electrons. The number of unbranched alkanes of at least 4 members (excludes halogenated alkanes) is 5. The molecule has 40 heavy (non-hydrogen) atoms. The Morgan fingerprint density at radius 2 is 1.15 bits per heavy atom. The molecular formula is C34H46INO4. The zero-order valence-electron chi connectivity index (χ0n) is 24.4. The van der Waals surface area contributed by atoms with Crippen molar-refractivity contribution in [2.75, 3.05) is 34.4 Å². The van der Waals surface area contributed by atoms with Gasteiger partial charge in [-0.2, -0.15) is 0 Å². The third-order valence-electron chi connectivity index (χ3n) is 6.88. The highest BCUT2D eigenvalue weighted by molar-refractivity contribution is 5.74. The number of ether oxygens (including phenoxy) is 3. The van der Waals surface area contributed by atoms with E-state index in [-0.39, 0.29) is 36.0 Å². The van der Waals surface area contributed by atoms with Crippen LogP contribution in [0.3, 0.4) is 0 Å². The maximum absolute atomic E-state index is 12.8. The molecule has 0 amide bonds. The average molecular weight is 660 g/mol. The predicted molar refractivity (Wildman–Crippen MR) is 158 cm³/mol. The number of hydrogen-bond acceptors (Lipinski definition) is 4. The third-order valence-corrected chi connectivity index (χ3v) is 6.88. The molecule has 0 radical (unpaired) electrons. The minimum atomic E-state index is -0.150. The minimum Gasteiger partial charge on any atom is -1.00 e. The number of benzene rings is 3. The Balaban J connectivity index is 0.00000560. The van der Waals surface area contributed by atoms with Crippen molar-refractivity contribution in [1.82, 2.24) is 0 Å². The predicted octanol–water partition coefficient (Wildman–Crippen LogP) is 4.24. The first-order valence-electron chi connectivity index (χ1n) is 14.3. The standard InChI is InChI=1S/C34H46NO4.HI/c1-35(2,3)33(25-20-29-16-10-8-11-17-29)34(36)38-27-15-7-5-4-6-14-26-37-31-21-23-32(24-22-31)39-28-30-18-12-9-13-19-30;/h8-13,16-19,21-24,33H,4-7,14-15,20,25-28H2,1-3H3;1H/q+1;/p-1. The molecular weight excluding hydrogens is 613 g/mol. The van der Waals surface area contributed by atoms with Crippen LogP contribution in [0.15, 0.2) is 84.9 Å². The Hall–Kier alpha value is -2.58. The smallest absolute Gasteiger partial charge is 0.364 e. The van der Waals surface area contributed by atoms with Crippen molar-refractivity contribution in [3.8, 4) is 11.5 Å². The number of likely N-dealkylation sites (N-methyl/N-ethyl adjacent to an activating group) is 1. The molecule has 3 aromatic rings. The van der Waals surface area contributed by atoms with Gasteiger partial charge in [-0.1, -0.05) is 86.3 Å². The van der Waals surface area contributed by atoms with Crippen LogP contribution in [0.25, 0.3) is 0 Å². The molecule has 0 aliphatic rings. The maximum Gasteiger partial charge on any atom is 0.364 e. The maximum atomic E-state index is 12.8. The van der Waals surface area contributed by atoms with E-state index in [0.717, 1.165) is 68.6 Å². The number of halogens is 1. The minimum absolute atomic E-state index is 0. The van der Waals surface area contributed by atoms with Crippen LogP contribution in [0, 0.1) is 0 Å². The molecule has 3 aromatic carbocycles. The number of nitrogens with zero attached hydrogens (tertiary/aromatic N) is 1. The van der Waals surface area contributed by atoms with Crippen LogP contribution >= 0.6 is 0 Å². The number of hydrogen-bond donors (Lipinski definition) is 0. The van der Waals surface area contributed by atoms with E-state index in [2.05, 4.69) is 45.4 Å². The molecule has 0 saturated heterocycles. The molecule has 0 saturated carbocycles. The van der Waals surface area contributed by atoms with Crippen molar-refractivity contribution >= 4 is 5.97 Å². The lowest BCUT2D eigenvalue weighted by Crippen LogP contribution is -3.00. The Labute approximate surface area is 258 Å². The molecule has 1 atom stereocenters. The van der Waals surface area contributed by atoms with Crippen molar-refractivity contribution in [2.24, 2.45) is 0 Å². The summed E-state index contributed by atoms with van der Waals surface area (Å²) in [6.07, 6.45) is 8.17. The molecule has 0 bridgehead atoms. The van der Waals surface area contributed by atoms with Crippen LogP contribution in [0.1, 0.15) is 56.1 Å². The van der Waals surface area contributed by atoms with Gasteiger partial charge < -0.3 is 42.7 Å². The lowest BCUT2D eigenvalue weighted by atomic mass is 10.0. The SMILES string of the molecule is C[N+](C)(C)C(CCc1ccccc1)C(=O)OCCCCCCCCOc1ccc(OCc2ccccc2)cc1.[I-]. The van der Waals surface area contributed by atoms with E-state index in [0.29, 0.717) is 17.7 Å². The molecule has 0 heterocycles. The van der Waals surface area contributed by atoms with Gasteiger partial charge in [-0.05, 0) is 54.7 Å². The van der Waals surface area contributed by atoms with Gasteiger partial charge in [-0.15, -0.1) is 0 Å². The Kier molecular flexibility index (Phi) is 15.7. The topological polar surface area (TPSA) is 44.8 Å². The van der Waals surface area contributed by atoms with Crippen LogP contribution in [0.4, 0.5) is 0 Å². The molecule has 0 aliphatic carbocycles. The largest absolute Gasteiger partial charge is 1.00 e. The first-order chi connectivity index (χ1) is 18.9. The second kappa shape index (κ2) is 18.7. The molecule has 3 rings (SSSR count). The molecule has 5 nitrogen and oxygen atoms in total. The van der Waals surface area contributed by atoms with Crippen molar-refractivity contribution in [3.05, 3.63) is 96.1 Å². The molecule has 0 spiro atoms. The van der Waals surface area contributed by atoms with Gasteiger partial charge in [-0.3, -0.25) is 0 Å². The fourth-order valence-corrected chi connectivity index (χ4v) is 4.51. The summed E-state index contributed by atoms with van der Waals surface area (Å²) in [5, 5.41) is 0. The Morgan fingerprint density at radius 3 is 1.73 bits per heavy atom. The van der Waals surface area contributed by atoms with Crippen LogP contribution < -0.4 is 33.5 Å². The first-order valence-corrected chi connectivity index (χ1v) is 14.3. The molecule has 0 aliphatic heterocycles. The molecule has 6 heteroatoms. The second-order valence-corrected chi connectivity index (χ2v) is 11.0. The van der Waals surface area contributed by atoms with Crippen LogP contribution in [-0.2, 0) is 22.6 Å². The summed E-state index contributed by atoms with van der Waals surface area (Å²) >= 11 is 0. The highest BCUT2D eigenvalue weighted by atomic mass is 127. The summed E-state index contributed by atoms with van der Waals surface area (Å²) in [6.45, 7) is 1.79. The van der Waals surface area contributed by atoms with E-state index in [9.17, 15) is 4.79 Å². The number of rotatable bonds is 18. The summed E-state index contributed by atoms with van der Waals surface area (Å²) in [6, 6.07) is 28.2. The van der Waals surface area contributed by atoms with Gasteiger partial charge in [0.25, 0.3) is 0 Å². The van der Waals surface area contributed by atoms with Gasteiger partial charge in [0.05, 0.1) is 34.4 Å². The van der Waals surface area contributed by atoms with Crippen LogP contribution in [0.5, 0.6) is 11.5 Å². The lowest BCUT2D eigenvalue weighted by Gasteiger charge is -2.32. The number of carbonyl (C=O) groups excluding carboxylic acids is 1. The normalized spacial score (nSPS) is 11.8. The van der Waals surface area contributed by atoms with Gasteiger partial charge in [0.1, 0.15) is 18.1 Å². The highest BCUT2D eigenvalue weighted by Crippen LogP contribution is 2.19. The summed E-state index contributed by atoms with van der Waals surface area (Å²) in [5.41, 5.74) is 2.41. The summed E-state index contributed by atoms with van der Waals surface area (Å²) in [4.78, 5) is 12.8. The summed E-state index contributed by atoms with van der Waals surface area (Å²) in [7, 11) is 6.20. The van der Waals surface area contributed by atoms with Crippen LogP contribution in [-0.4, -0.2) is 50.9 Å². The Bertz CT molecular complexity index is 1070. The third kappa shape index (κ3) is 13.2. The second-order valence-electron chi connectivity index (χ2n) is 11.0. The zero-order valence-corrected chi connectivity index (χ0v) is 26.6. The number of aryl methyl sites for hydroxylation is 1. The van der Waals surface area contributed by atoms with Gasteiger partial charge in [0.2, 0.25) is 0 Å². The summed E-state index contributed by atoms with van der Waals surface area (Å²) < 4.78 is 18.0. The van der Waals surface area contributed by atoms with E-state index in [1.807, 2.05) is 60.7 Å². The van der Waals surface area contributed by atoms with Gasteiger partial charge >= 0.3 is 5.97 Å². The van der Waals surface area contributed by atoms with E-state index < -0.39 is 0 Å². The molecule has 0 fully saturated rings. The quantitative estimate of drug-likeness (QED) is 0.0888.